The quantitative estimate of drug-likeness (QED) is 0.270. The summed E-state index contributed by atoms with van der Waals surface area (Å²) in [5.74, 6) is -0.131. The minimum atomic E-state index is -0.198. The highest BCUT2D eigenvalue weighted by molar-refractivity contribution is 9.11. The molecule has 3 aromatic carbocycles. The van der Waals surface area contributed by atoms with Crippen molar-refractivity contribution in [3.63, 3.8) is 0 Å². The second-order valence-corrected chi connectivity index (χ2v) is 8.32. The molecule has 1 aromatic heterocycles. The lowest BCUT2D eigenvalue weighted by molar-refractivity contribution is -0.121. The highest BCUT2D eigenvalue weighted by Gasteiger charge is 2.11. The Morgan fingerprint density at radius 3 is 2.31 bits per heavy atom. The zero-order valence-electron chi connectivity index (χ0n) is 15.3. The molecule has 0 aliphatic rings. The van der Waals surface area contributed by atoms with Gasteiger partial charge in [0.05, 0.1) is 10.7 Å². The maximum atomic E-state index is 12.3. The number of nitrogens with zero attached hydrogens (tertiary/aromatic N) is 2. The van der Waals surface area contributed by atoms with Crippen molar-refractivity contribution in [2.75, 3.05) is 0 Å². The highest BCUT2D eigenvalue weighted by Crippen LogP contribution is 2.31. The molecule has 0 fully saturated rings. The average molecular weight is 515 g/mol. The van der Waals surface area contributed by atoms with Crippen LogP contribution in [0.25, 0.3) is 21.8 Å². The number of aryl methyl sites for hydroxylation is 1. The molecule has 0 saturated heterocycles. The van der Waals surface area contributed by atoms with Crippen LogP contribution in [0.5, 0.6) is 5.75 Å². The van der Waals surface area contributed by atoms with Gasteiger partial charge in [0.15, 0.2) is 0 Å². The normalized spacial score (nSPS) is 11.5. The van der Waals surface area contributed by atoms with Gasteiger partial charge in [0.25, 0.3) is 0 Å². The van der Waals surface area contributed by atoms with Crippen LogP contribution in [-0.2, 0) is 11.3 Å². The monoisotopic (exact) mass is 513 g/mol. The third kappa shape index (κ3) is 4.06. The van der Waals surface area contributed by atoms with E-state index in [2.05, 4.69) is 71.2 Å². The lowest BCUT2D eigenvalue weighted by Gasteiger charge is -2.07. The SMILES string of the molecule is O=C(CCn1c2ccccc2c2ccccc21)NN=Cc1cc(Br)cc(Br)c1O. The molecule has 4 rings (SSSR count). The van der Waals surface area contributed by atoms with Gasteiger partial charge in [-0.3, -0.25) is 4.79 Å². The summed E-state index contributed by atoms with van der Waals surface area (Å²) in [4.78, 5) is 12.3. The molecule has 1 amide bonds. The van der Waals surface area contributed by atoms with Crippen LogP contribution < -0.4 is 5.43 Å². The fourth-order valence-electron chi connectivity index (χ4n) is 3.37. The number of hydrogen-bond acceptors (Lipinski definition) is 3. The summed E-state index contributed by atoms with van der Waals surface area (Å²) in [5, 5.41) is 16.4. The molecule has 4 aromatic rings. The summed E-state index contributed by atoms with van der Waals surface area (Å²) in [6, 6.07) is 19.8. The molecule has 5 nitrogen and oxygen atoms in total. The van der Waals surface area contributed by atoms with E-state index < -0.39 is 0 Å². The van der Waals surface area contributed by atoms with Crippen molar-refractivity contribution >= 4 is 65.8 Å². The summed E-state index contributed by atoms with van der Waals surface area (Å²) in [6.07, 6.45) is 1.71. The number of rotatable bonds is 5. The number of benzene rings is 3. The van der Waals surface area contributed by atoms with Gasteiger partial charge in [0, 0.05) is 44.8 Å². The van der Waals surface area contributed by atoms with Gasteiger partial charge in [-0.25, -0.2) is 5.43 Å². The van der Waals surface area contributed by atoms with Crippen molar-refractivity contribution in [1.82, 2.24) is 9.99 Å². The number of phenols is 1. The van der Waals surface area contributed by atoms with Crippen LogP contribution >= 0.6 is 31.9 Å². The first kappa shape index (κ1) is 19.7. The van der Waals surface area contributed by atoms with Crippen molar-refractivity contribution in [1.29, 1.82) is 0 Å². The topological polar surface area (TPSA) is 66.6 Å². The predicted molar refractivity (Wildman–Crippen MR) is 123 cm³/mol. The number of fused-ring (bicyclic) bond motifs is 3. The molecule has 0 bridgehead atoms. The molecule has 1 heterocycles. The van der Waals surface area contributed by atoms with E-state index in [1.54, 1.807) is 12.1 Å². The van der Waals surface area contributed by atoms with Crippen LogP contribution in [-0.4, -0.2) is 21.8 Å². The molecule has 0 unspecified atom stereocenters. The molecular weight excluding hydrogens is 498 g/mol. The zero-order chi connectivity index (χ0) is 20.4. The first-order valence-electron chi connectivity index (χ1n) is 9.00. The number of amides is 1. The number of nitrogens with one attached hydrogen (secondary N) is 1. The lowest BCUT2D eigenvalue weighted by Crippen LogP contribution is -2.19. The maximum absolute atomic E-state index is 12.3. The number of phenolic OH excluding ortho intramolecular Hbond substituents is 1. The number of halogens is 2. The Kier molecular flexibility index (Phi) is 5.69. The van der Waals surface area contributed by atoms with E-state index in [4.69, 9.17) is 0 Å². The number of hydrogen-bond donors (Lipinski definition) is 2. The molecule has 2 N–H and O–H groups in total. The Morgan fingerprint density at radius 1 is 1.03 bits per heavy atom. The second kappa shape index (κ2) is 8.39. The molecule has 29 heavy (non-hydrogen) atoms. The zero-order valence-corrected chi connectivity index (χ0v) is 18.4. The number of aromatic nitrogens is 1. The molecular formula is C22H17Br2N3O2. The van der Waals surface area contributed by atoms with E-state index in [-0.39, 0.29) is 18.1 Å². The number of carbonyl (C=O) groups is 1. The molecule has 0 aliphatic carbocycles. The van der Waals surface area contributed by atoms with Gasteiger partial charge >= 0.3 is 0 Å². The Bertz CT molecular complexity index is 1190. The fourth-order valence-corrected chi connectivity index (χ4v) is 4.63. The Hall–Kier alpha value is -2.64. The van der Waals surface area contributed by atoms with Crippen LogP contribution in [0.3, 0.4) is 0 Å². The van der Waals surface area contributed by atoms with Crippen LogP contribution in [0.4, 0.5) is 0 Å². The maximum Gasteiger partial charge on any atom is 0.241 e. The van der Waals surface area contributed by atoms with Crippen LogP contribution in [0.2, 0.25) is 0 Å². The number of hydrazone groups is 1. The van der Waals surface area contributed by atoms with Crippen LogP contribution in [0.15, 0.2) is 74.7 Å². The molecule has 0 atom stereocenters. The highest BCUT2D eigenvalue weighted by atomic mass is 79.9. The van der Waals surface area contributed by atoms with Crippen molar-refractivity contribution < 1.29 is 9.90 Å². The first-order valence-corrected chi connectivity index (χ1v) is 10.6. The molecule has 0 radical (unpaired) electrons. The van der Waals surface area contributed by atoms with Crippen molar-refractivity contribution in [3.05, 3.63) is 75.2 Å². The minimum absolute atomic E-state index is 0.0662. The minimum Gasteiger partial charge on any atom is -0.506 e. The average Bonchev–Trinajstić information content (AvgIpc) is 3.04. The van der Waals surface area contributed by atoms with E-state index >= 15 is 0 Å². The summed E-state index contributed by atoms with van der Waals surface area (Å²) in [5.41, 5.74) is 5.24. The molecule has 0 saturated carbocycles. The van der Waals surface area contributed by atoms with Crippen molar-refractivity contribution in [2.24, 2.45) is 5.10 Å². The van der Waals surface area contributed by atoms with E-state index in [0.717, 1.165) is 15.5 Å². The van der Waals surface area contributed by atoms with Gasteiger partial charge in [-0.2, -0.15) is 5.10 Å². The summed E-state index contributed by atoms with van der Waals surface area (Å²) in [7, 11) is 0. The molecule has 146 valence electrons. The van der Waals surface area contributed by atoms with Crippen molar-refractivity contribution in [2.45, 2.75) is 13.0 Å². The van der Waals surface area contributed by atoms with Crippen LogP contribution in [0.1, 0.15) is 12.0 Å². The van der Waals surface area contributed by atoms with Gasteiger partial charge < -0.3 is 9.67 Å². The van der Waals surface area contributed by atoms with Crippen LogP contribution in [0, 0.1) is 0 Å². The van der Waals surface area contributed by atoms with E-state index in [1.807, 2.05) is 24.3 Å². The fraction of sp³-hybridized carbons (Fsp3) is 0.0909. The van der Waals surface area contributed by atoms with Crippen molar-refractivity contribution in [3.8, 4) is 5.75 Å². The molecule has 0 aliphatic heterocycles. The van der Waals surface area contributed by atoms with E-state index in [9.17, 15) is 9.90 Å². The number of aromatic hydroxyl groups is 1. The molecule has 7 heteroatoms. The first-order chi connectivity index (χ1) is 14.0. The third-order valence-electron chi connectivity index (χ3n) is 4.69. The second-order valence-electron chi connectivity index (χ2n) is 6.55. The Balaban J connectivity index is 1.48. The molecule has 0 spiro atoms. The lowest BCUT2D eigenvalue weighted by atomic mass is 10.2. The summed E-state index contributed by atoms with van der Waals surface area (Å²) >= 11 is 6.63. The third-order valence-corrected chi connectivity index (χ3v) is 5.76. The summed E-state index contributed by atoms with van der Waals surface area (Å²) < 4.78 is 3.50. The number of carbonyl (C=O) groups excluding carboxylic acids is 1. The summed E-state index contributed by atoms with van der Waals surface area (Å²) in [6.45, 7) is 0.545. The Labute approximate surface area is 184 Å². The van der Waals surface area contributed by atoms with E-state index in [0.29, 0.717) is 16.6 Å². The van der Waals surface area contributed by atoms with Gasteiger partial charge in [0.1, 0.15) is 5.75 Å². The van der Waals surface area contributed by atoms with Gasteiger partial charge in [0.2, 0.25) is 5.91 Å². The van der Waals surface area contributed by atoms with Gasteiger partial charge in [-0.05, 0) is 40.2 Å². The Morgan fingerprint density at radius 2 is 1.66 bits per heavy atom. The predicted octanol–water partition coefficient (Wildman–Crippen LogP) is 5.57. The smallest absolute Gasteiger partial charge is 0.241 e. The largest absolute Gasteiger partial charge is 0.506 e. The van der Waals surface area contributed by atoms with Gasteiger partial charge in [-0.15, -0.1) is 0 Å². The van der Waals surface area contributed by atoms with E-state index in [1.165, 1.54) is 17.0 Å². The number of para-hydroxylation sites is 2. The van der Waals surface area contributed by atoms with Gasteiger partial charge in [-0.1, -0.05) is 52.3 Å². The standard InChI is InChI=1S/C22H17Br2N3O2/c23-15-11-14(22(29)18(24)12-15)13-25-26-21(28)9-10-27-19-7-3-1-5-16(19)17-6-2-4-8-20(17)27/h1-8,11-13,29H,9-10H2,(H,26,28).